The molecule has 0 fully saturated rings. The Balaban J connectivity index is 0.000000354. The molecule has 0 saturated heterocycles. The van der Waals surface area contributed by atoms with Crippen LogP contribution in [0.3, 0.4) is 0 Å². The number of rotatable bonds is 0. The van der Waals surface area contributed by atoms with Gasteiger partial charge in [0.2, 0.25) is 0 Å². The first-order valence-electron chi connectivity index (χ1n) is 3.71. The van der Waals surface area contributed by atoms with Crippen molar-refractivity contribution in [3.8, 4) is 0 Å². The van der Waals surface area contributed by atoms with Crippen LogP contribution >= 0.6 is 17.2 Å². The second kappa shape index (κ2) is 6.39. The van der Waals surface area contributed by atoms with Crippen molar-refractivity contribution >= 4 is 17.2 Å². The van der Waals surface area contributed by atoms with E-state index in [1.807, 2.05) is 0 Å². The van der Waals surface area contributed by atoms with Gasteiger partial charge in [-0.25, -0.2) is 0 Å². The summed E-state index contributed by atoms with van der Waals surface area (Å²) in [4.78, 5) is 0. The second-order valence-electron chi connectivity index (χ2n) is 3.50. The summed E-state index contributed by atoms with van der Waals surface area (Å²) in [6.45, 7) is 6.67. The van der Waals surface area contributed by atoms with Gasteiger partial charge in [-0.3, -0.25) is 0 Å². The molecular formula is C9H13Cl2Hf. The average molecular weight is 371 g/mol. The molecule has 0 aromatic carbocycles. The van der Waals surface area contributed by atoms with Crippen molar-refractivity contribution < 1.29 is 20.5 Å². The van der Waals surface area contributed by atoms with Crippen LogP contribution in [0.1, 0.15) is 20.8 Å². The third kappa shape index (κ3) is 5.55. The summed E-state index contributed by atoms with van der Waals surface area (Å²) in [5.41, 5.74) is 1.74. The molecule has 1 aliphatic carbocycles. The first-order chi connectivity index (χ1) is 5.52. The van der Waals surface area contributed by atoms with Gasteiger partial charge in [-0.15, -0.1) is 0 Å². The van der Waals surface area contributed by atoms with E-state index in [1.165, 1.54) is 5.57 Å². The summed E-state index contributed by atoms with van der Waals surface area (Å²) < 4.78 is 0. The molecule has 0 bridgehead atoms. The minimum atomic E-state index is -0.972. The molecule has 0 aromatic heterocycles. The third-order valence-corrected chi connectivity index (χ3v) is 1.53. The fraction of sp³-hybridized carbons (Fsp3) is 0.444. The number of halogens is 2. The standard InChI is InChI=1S/C9H13.2ClH.Hf/c1-9(2,3)8-6-4-5-7-8;;;/h4-7H,1-3H3;2*1H;/q;;;+2/p-2. The van der Waals surface area contributed by atoms with Gasteiger partial charge < -0.3 is 0 Å². The van der Waals surface area contributed by atoms with E-state index in [1.54, 1.807) is 0 Å². The van der Waals surface area contributed by atoms with Crippen molar-refractivity contribution in [2.45, 2.75) is 20.8 Å². The van der Waals surface area contributed by atoms with Gasteiger partial charge in [-0.2, -0.15) is 0 Å². The van der Waals surface area contributed by atoms with Crippen molar-refractivity contribution in [2.24, 2.45) is 5.41 Å². The Kier molecular flexibility index (Phi) is 6.89. The molecule has 0 unspecified atom stereocenters. The molecule has 0 N–H and O–H groups in total. The molecule has 0 amide bonds. The Labute approximate surface area is 93.5 Å². The second-order valence-corrected chi connectivity index (χ2v) is 8.69. The first kappa shape index (κ1) is 12.9. The predicted octanol–water partition coefficient (Wildman–Crippen LogP) is 4.11. The summed E-state index contributed by atoms with van der Waals surface area (Å²) in [6, 6.07) is 0. The topological polar surface area (TPSA) is 0 Å². The van der Waals surface area contributed by atoms with Crippen molar-refractivity contribution in [1.29, 1.82) is 0 Å². The normalized spacial score (nSPS) is 14.9. The number of hydrogen-bond donors (Lipinski definition) is 0. The fourth-order valence-electron chi connectivity index (χ4n) is 0.874. The Morgan fingerprint density at radius 1 is 1.25 bits per heavy atom. The van der Waals surface area contributed by atoms with E-state index in [4.69, 9.17) is 17.2 Å². The molecule has 0 atom stereocenters. The third-order valence-electron chi connectivity index (χ3n) is 1.53. The van der Waals surface area contributed by atoms with Crippen molar-refractivity contribution in [2.75, 3.05) is 0 Å². The van der Waals surface area contributed by atoms with Crippen molar-refractivity contribution in [3.05, 3.63) is 30.2 Å². The van der Waals surface area contributed by atoms with Gasteiger partial charge in [0.05, 0.1) is 0 Å². The molecule has 12 heavy (non-hydrogen) atoms. The van der Waals surface area contributed by atoms with Gasteiger partial charge in [0.1, 0.15) is 0 Å². The van der Waals surface area contributed by atoms with Crippen LogP contribution in [0.2, 0.25) is 0 Å². The summed E-state index contributed by atoms with van der Waals surface area (Å²) in [5.74, 6) is 0. The van der Waals surface area contributed by atoms with Gasteiger partial charge in [0.15, 0.2) is 0 Å². The van der Waals surface area contributed by atoms with Crippen LogP contribution in [0, 0.1) is 11.8 Å². The monoisotopic (exact) mass is 371 g/mol. The Bertz CT molecular complexity index is 177. The van der Waals surface area contributed by atoms with Crippen molar-refractivity contribution in [1.82, 2.24) is 0 Å². The number of hydrogen-bond acceptors (Lipinski definition) is 0. The summed E-state index contributed by atoms with van der Waals surface area (Å²) in [5, 5.41) is 0. The molecule has 0 aliphatic heterocycles. The molecule has 0 heterocycles. The van der Waals surface area contributed by atoms with E-state index in [2.05, 4.69) is 45.4 Å². The average Bonchev–Trinajstić information content (AvgIpc) is 2.36. The van der Waals surface area contributed by atoms with Crippen LogP contribution < -0.4 is 0 Å². The van der Waals surface area contributed by atoms with E-state index in [0.29, 0.717) is 5.41 Å². The molecule has 1 rings (SSSR count). The zero-order valence-electron chi connectivity index (χ0n) is 7.57. The molecule has 0 nitrogen and oxygen atoms in total. The first-order valence-corrected chi connectivity index (χ1v) is 12.6. The summed E-state index contributed by atoms with van der Waals surface area (Å²) >= 11 is -0.972. The van der Waals surface area contributed by atoms with E-state index in [0.717, 1.165) is 0 Å². The maximum absolute atomic E-state index is 4.96. The number of allylic oxidation sites excluding steroid dienone is 4. The van der Waals surface area contributed by atoms with E-state index in [-0.39, 0.29) is 0 Å². The van der Waals surface area contributed by atoms with Crippen molar-refractivity contribution in [3.63, 3.8) is 0 Å². The van der Waals surface area contributed by atoms with Crippen LogP contribution in [0.4, 0.5) is 0 Å². The molecule has 3 heteroatoms. The molecule has 1 aliphatic rings. The SMILES string of the molecule is CC(C)(C)C1=C[CH]C=C1.[Cl][Hf][Cl]. The molecule has 1 radical (unpaired) electrons. The Hall–Kier alpha value is 0.930. The summed E-state index contributed by atoms with van der Waals surface area (Å²) in [7, 11) is 9.92. The zero-order valence-corrected chi connectivity index (χ0v) is 12.7. The van der Waals surface area contributed by atoms with Gasteiger partial charge >= 0.3 is 37.7 Å². The molecule has 0 aromatic rings. The van der Waals surface area contributed by atoms with E-state index < -0.39 is 20.5 Å². The quantitative estimate of drug-likeness (QED) is 0.563. The van der Waals surface area contributed by atoms with Gasteiger partial charge in [-0.05, 0) is 11.0 Å². The fourth-order valence-corrected chi connectivity index (χ4v) is 0.874. The van der Waals surface area contributed by atoms with Crippen LogP contribution in [0.25, 0.3) is 0 Å². The summed E-state index contributed by atoms with van der Waals surface area (Å²) in [6.07, 6.45) is 8.50. The van der Waals surface area contributed by atoms with E-state index in [9.17, 15) is 0 Å². The van der Waals surface area contributed by atoms with Crippen LogP contribution in [-0.2, 0) is 20.5 Å². The van der Waals surface area contributed by atoms with E-state index >= 15 is 0 Å². The van der Waals surface area contributed by atoms with Gasteiger partial charge in [0.25, 0.3) is 0 Å². The molecule has 67 valence electrons. The van der Waals surface area contributed by atoms with Crippen LogP contribution in [0.15, 0.2) is 23.8 Å². The van der Waals surface area contributed by atoms with Gasteiger partial charge in [-0.1, -0.05) is 39.0 Å². The Morgan fingerprint density at radius 2 is 1.75 bits per heavy atom. The maximum atomic E-state index is 4.96. The zero-order chi connectivity index (χ0) is 9.61. The van der Waals surface area contributed by atoms with Crippen LogP contribution in [-0.4, -0.2) is 0 Å². The molecule has 0 saturated carbocycles. The molecule has 0 spiro atoms. The predicted molar refractivity (Wildman–Crippen MR) is 52.7 cm³/mol. The Morgan fingerprint density at radius 3 is 1.92 bits per heavy atom. The molecular weight excluding hydrogens is 357 g/mol. The van der Waals surface area contributed by atoms with Crippen LogP contribution in [0.5, 0.6) is 0 Å². The minimum absolute atomic E-state index is 0.323. The van der Waals surface area contributed by atoms with Gasteiger partial charge in [0, 0.05) is 6.42 Å².